The van der Waals surface area contributed by atoms with Gasteiger partial charge < -0.3 is 19.4 Å². The minimum absolute atomic E-state index is 1.23. The molecular formula is C5H8N4O12. The molecule has 0 fully saturated rings. The summed E-state index contributed by atoms with van der Waals surface area (Å²) >= 11 is 0. The van der Waals surface area contributed by atoms with E-state index in [1.54, 1.807) is 0 Å². The topological polar surface area (TPSA) is 209 Å². The second-order valence-corrected chi connectivity index (χ2v) is 3.30. The van der Waals surface area contributed by atoms with E-state index in [9.17, 15) is 40.5 Å². The molecule has 0 aromatic rings. The van der Waals surface area contributed by atoms with Crippen molar-refractivity contribution in [1.29, 1.82) is 0 Å². The van der Waals surface area contributed by atoms with E-state index in [2.05, 4.69) is 19.4 Å². The molecule has 0 aromatic carbocycles. The zero-order valence-corrected chi connectivity index (χ0v) is 9.89. The van der Waals surface area contributed by atoms with Crippen LogP contribution in [-0.4, -0.2) is 46.8 Å². The third-order valence-corrected chi connectivity index (χ3v) is 1.76. The fourth-order valence-electron chi connectivity index (χ4n) is 0.926. The lowest BCUT2D eigenvalue weighted by Gasteiger charge is -2.28. The highest BCUT2D eigenvalue weighted by atomic mass is 17.0. The van der Waals surface area contributed by atoms with Gasteiger partial charge in [0.25, 0.3) is 20.3 Å². The van der Waals surface area contributed by atoms with E-state index < -0.39 is 52.2 Å². The summed E-state index contributed by atoms with van der Waals surface area (Å²) in [6.07, 6.45) is 0. The molecule has 0 bridgehead atoms. The molecule has 1 atom stereocenters. The van der Waals surface area contributed by atoms with E-state index in [0.717, 1.165) is 0 Å². The summed E-state index contributed by atoms with van der Waals surface area (Å²) in [4.78, 5) is 56.1. The summed E-state index contributed by atoms with van der Waals surface area (Å²) in [5.74, 6) is 0. The highest BCUT2D eigenvalue weighted by molar-refractivity contribution is 4.77. The quantitative estimate of drug-likeness (QED) is 0.307. The minimum Gasteiger partial charge on any atom is -0.313 e. The van der Waals surface area contributed by atoms with Crippen LogP contribution >= 0.6 is 0 Å². The van der Waals surface area contributed by atoms with Crippen LogP contribution in [0, 0.1) is 45.9 Å². The molecule has 16 nitrogen and oxygen atoms in total. The molecule has 0 heterocycles. The van der Waals surface area contributed by atoms with Gasteiger partial charge in [-0.25, -0.2) is 0 Å². The molecule has 16 heteroatoms. The second kappa shape index (κ2) is 8.07. The van der Waals surface area contributed by atoms with Crippen LogP contribution in [0.1, 0.15) is 1.37 Å². The van der Waals surface area contributed by atoms with Crippen molar-refractivity contribution in [2.45, 2.75) is 0 Å². The minimum atomic E-state index is -2.40. The third-order valence-electron chi connectivity index (χ3n) is 1.76. The highest BCUT2D eigenvalue weighted by Gasteiger charge is 2.37. The van der Waals surface area contributed by atoms with Crippen LogP contribution in [0.15, 0.2) is 0 Å². The SMILES string of the molecule is [2H]C(O[N+](=O)[O-])C(CO[N+](=O)[O-])(CO[N+](=O)[O-])CO[N+](=O)[O-]. The van der Waals surface area contributed by atoms with Gasteiger partial charge in [0.1, 0.15) is 26.4 Å². The van der Waals surface area contributed by atoms with Crippen LogP contribution < -0.4 is 0 Å². The summed E-state index contributed by atoms with van der Waals surface area (Å²) in [7, 11) is 0. The van der Waals surface area contributed by atoms with E-state index in [0.29, 0.717) is 0 Å². The average molecular weight is 317 g/mol. The molecule has 0 rings (SSSR count). The van der Waals surface area contributed by atoms with Crippen molar-refractivity contribution in [3.63, 3.8) is 0 Å². The zero-order valence-electron chi connectivity index (χ0n) is 10.9. The first kappa shape index (κ1) is 15.9. The largest absolute Gasteiger partial charge is 0.313 e. The summed E-state index contributed by atoms with van der Waals surface area (Å²) < 4.78 is 7.37. The first-order valence-corrected chi connectivity index (χ1v) is 4.64. The van der Waals surface area contributed by atoms with Crippen LogP contribution in [0.3, 0.4) is 0 Å². The van der Waals surface area contributed by atoms with Gasteiger partial charge in [0.15, 0.2) is 0 Å². The molecule has 0 aromatic heterocycles. The standard InChI is InChI=1S/C5H8N4O12/c10-6(11)18-1-5(2-19-7(12)13,3-20-8(14)15)4-21-9(16)17/h1-4H2/i1D. The number of nitrogens with zero attached hydrogens (tertiary/aromatic N) is 4. The van der Waals surface area contributed by atoms with Crippen molar-refractivity contribution in [2.75, 3.05) is 26.4 Å². The first-order valence-electron chi connectivity index (χ1n) is 5.22. The summed E-state index contributed by atoms with van der Waals surface area (Å²) in [5, 5.41) is 35.1. The van der Waals surface area contributed by atoms with E-state index in [1.807, 2.05) is 0 Å². The first-order chi connectivity index (χ1) is 10.1. The Morgan fingerprint density at radius 1 is 0.714 bits per heavy atom. The lowest BCUT2D eigenvalue weighted by atomic mass is 9.92. The second-order valence-electron chi connectivity index (χ2n) is 3.30. The van der Waals surface area contributed by atoms with Crippen LogP contribution in [-0.2, 0) is 19.4 Å². The van der Waals surface area contributed by atoms with Crippen molar-refractivity contribution in [3.05, 3.63) is 40.5 Å². The van der Waals surface area contributed by atoms with Crippen molar-refractivity contribution >= 4 is 0 Å². The fourth-order valence-corrected chi connectivity index (χ4v) is 0.926. The predicted molar refractivity (Wildman–Crippen MR) is 54.2 cm³/mol. The molecule has 0 spiro atoms. The van der Waals surface area contributed by atoms with Gasteiger partial charge in [-0.2, -0.15) is 0 Å². The van der Waals surface area contributed by atoms with E-state index >= 15 is 0 Å². The summed E-state index contributed by atoms with van der Waals surface area (Å²) in [6.45, 7) is -6.07. The highest BCUT2D eigenvalue weighted by Crippen LogP contribution is 2.21. The Bertz CT molecular complexity index is 398. The Hall–Kier alpha value is -3.20. The van der Waals surface area contributed by atoms with Crippen molar-refractivity contribution in [3.8, 4) is 0 Å². The molecule has 0 aliphatic heterocycles. The van der Waals surface area contributed by atoms with Gasteiger partial charge in [0, 0.05) is 0 Å². The monoisotopic (exact) mass is 317 g/mol. The molecule has 0 aliphatic rings. The van der Waals surface area contributed by atoms with Crippen LogP contribution in [0.5, 0.6) is 0 Å². The van der Waals surface area contributed by atoms with Gasteiger partial charge in [-0.3, -0.25) is 0 Å². The fraction of sp³-hybridized carbons (Fsp3) is 1.00. The molecule has 21 heavy (non-hydrogen) atoms. The Labute approximate surface area is 114 Å². The molecule has 0 amide bonds. The molecule has 0 N–H and O–H groups in total. The lowest BCUT2D eigenvalue weighted by molar-refractivity contribution is -0.792. The van der Waals surface area contributed by atoms with E-state index in [-0.39, 0.29) is 0 Å². The molecule has 0 saturated carbocycles. The van der Waals surface area contributed by atoms with Crippen LogP contribution in [0.4, 0.5) is 0 Å². The molecule has 1 unspecified atom stereocenters. The molecular weight excluding hydrogens is 308 g/mol. The van der Waals surface area contributed by atoms with Gasteiger partial charge in [-0.15, -0.1) is 40.5 Å². The Balaban J connectivity index is 5.33. The third kappa shape index (κ3) is 8.51. The lowest BCUT2D eigenvalue weighted by Crippen LogP contribution is -2.43. The number of hydrogen-bond donors (Lipinski definition) is 0. The molecule has 120 valence electrons. The van der Waals surface area contributed by atoms with Crippen molar-refractivity contribution in [1.82, 2.24) is 0 Å². The van der Waals surface area contributed by atoms with Gasteiger partial charge in [0.2, 0.25) is 0 Å². The van der Waals surface area contributed by atoms with Crippen LogP contribution in [0.2, 0.25) is 0 Å². The zero-order chi connectivity index (χ0) is 17.3. The predicted octanol–water partition coefficient (Wildman–Crippen LogP) is -1.19. The maximum absolute atomic E-state index is 10.2. The van der Waals surface area contributed by atoms with Crippen molar-refractivity contribution < 1.29 is 41.1 Å². The molecule has 0 aliphatic carbocycles. The van der Waals surface area contributed by atoms with E-state index in [4.69, 9.17) is 1.37 Å². The maximum atomic E-state index is 10.2. The van der Waals surface area contributed by atoms with Gasteiger partial charge in [-0.05, 0) is 0 Å². The maximum Gasteiger partial charge on any atom is 0.294 e. The summed E-state index contributed by atoms with van der Waals surface area (Å²) in [6, 6.07) is 0. The summed E-state index contributed by atoms with van der Waals surface area (Å²) in [5.41, 5.74) is -2.40. The normalized spacial score (nSPS) is 12.5. The Morgan fingerprint density at radius 3 is 1.24 bits per heavy atom. The number of hydrogen-bond acceptors (Lipinski definition) is 12. The average Bonchev–Trinajstić information content (AvgIpc) is 2.36. The smallest absolute Gasteiger partial charge is 0.294 e. The number of rotatable bonds is 12. The van der Waals surface area contributed by atoms with Gasteiger partial charge >= 0.3 is 0 Å². The van der Waals surface area contributed by atoms with Crippen LogP contribution in [0.25, 0.3) is 0 Å². The Kier molecular flexibility index (Phi) is 6.09. The Morgan fingerprint density at radius 2 is 1.00 bits per heavy atom. The van der Waals surface area contributed by atoms with Gasteiger partial charge in [-0.1, -0.05) is 0 Å². The van der Waals surface area contributed by atoms with E-state index in [1.165, 1.54) is 0 Å². The van der Waals surface area contributed by atoms with Crippen molar-refractivity contribution in [2.24, 2.45) is 5.41 Å². The van der Waals surface area contributed by atoms with Gasteiger partial charge in [0.05, 0.1) is 6.79 Å². The molecule has 0 saturated heterocycles. The molecule has 0 radical (unpaired) electrons.